The largest absolute Gasteiger partial charge is 0.495 e. The number of para-hydroxylation sites is 1. The molecule has 2 saturated heterocycles. The van der Waals surface area contributed by atoms with Crippen LogP contribution < -0.4 is 14.5 Å². The number of imide groups is 1. The van der Waals surface area contributed by atoms with E-state index in [4.69, 9.17) is 4.74 Å². The number of nitro benzene ring substituents is 1. The number of ketones is 1. The van der Waals surface area contributed by atoms with Gasteiger partial charge in [-0.3, -0.25) is 24.5 Å². The molecule has 2 aromatic carbocycles. The van der Waals surface area contributed by atoms with Crippen LogP contribution in [0.15, 0.2) is 48.5 Å². The Morgan fingerprint density at radius 3 is 2.47 bits per heavy atom. The first-order valence-corrected chi connectivity index (χ1v) is 10.1. The molecule has 3 heterocycles. The maximum atomic E-state index is 13.6. The summed E-state index contributed by atoms with van der Waals surface area (Å²) in [6.45, 7) is 1.42. The Bertz CT molecular complexity index is 1220. The van der Waals surface area contributed by atoms with Gasteiger partial charge in [-0.15, -0.1) is 0 Å². The number of non-ortho nitro benzene ring substituents is 1. The van der Waals surface area contributed by atoms with E-state index in [1.165, 1.54) is 26.2 Å². The molecule has 2 amide bonds. The van der Waals surface area contributed by atoms with Crippen LogP contribution >= 0.6 is 0 Å². The number of hydrogen-bond donors (Lipinski definition) is 0. The van der Waals surface area contributed by atoms with E-state index in [0.717, 1.165) is 22.2 Å². The molecular weight excluding hydrogens is 414 g/mol. The van der Waals surface area contributed by atoms with Crippen LogP contribution in [0.25, 0.3) is 6.08 Å². The van der Waals surface area contributed by atoms with Crippen molar-refractivity contribution < 1.29 is 24.0 Å². The average molecular weight is 433 g/mol. The van der Waals surface area contributed by atoms with E-state index < -0.39 is 40.7 Å². The molecule has 0 N–H and O–H groups in total. The normalized spacial score (nSPS) is 25.4. The molecule has 9 nitrogen and oxygen atoms in total. The van der Waals surface area contributed by atoms with Gasteiger partial charge in [0.1, 0.15) is 17.5 Å². The Morgan fingerprint density at radius 1 is 1.06 bits per heavy atom. The first-order valence-electron chi connectivity index (χ1n) is 10.1. The molecule has 0 unspecified atom stereocenters. The number of rotatable bonds is 4. The topological polar surface area (TPSA) is 110 Å². The Hall–Kier alpha value is -4.01. The summed E-state index contributed by atoms with van der Waals surface area (Å²) in [6, 6.07) is 9.98. The number of anilines is 2. The fraction of sp³-hybridized carbons (Fsp3) is 0.261. The second-order valence-electron chi connectivity index (χ2n) is 8.05. The van der Waals surface area contributed by atoms with Crippen LogP contribution in [0.4, 0.5) is 17.1 Å². The van der Waals surface area contributed by atoms with E-state index in [1.54, 1.807) is 0 Å². The predicted octanol–water partition coefficient (Wildman–Crippen LogP) is 2.58. The summed E-state index contributed by atoms with van der Waals surface area (Å²) in [5.74, 6) is -2.80. The molecule has 3 aliphatic heterocycles. The van der Waals surface area contributed by atoms with Crippen molar-refractivity contribution in [2.24, 2.45) is 11.8 Å². The maximum Gasteiger partial charge on any atom is 0.271 e. The lowest BCUT2D eigenvalue weighted by Gasteiger charge is -2.36. The van der Waals surface area contributed by atoms with E-state index in [0.29, 0.717) is 0 Å². The van der Waals surface area contributed by atoms with Crippen LogP contribution in [0.3, 0.4) is 0 Å². The fourth-order valence-electron chi connectivity index (χ4n) is 5.18. The second kappa shape index (κ2) is 7.01. The number of methoxy groups -OCH3 is 1. The van der Waals surface area contributed by atoms with Crippen molar-refractivity contribution in [1.82, 2.24) is 0 Å². The molecule has 162 valence electrons. The molecule has 0 aromatic heterocycles. The van der Waals surface area contributed by atoms with Crippen LogP contribution in [0.5, 0.6) is 5.75 Å². The number of fused-ring (bicyclic) bond motifs is 5. The van der Waals surface area contributed by atoms with Crippen molar-refractivity contribution in [3.8, 4) is 5.75 Å². The second-order valence-corrected chi connectivity index (χ2v) is 8.05. The van der Waals surface area contributed by atoms with Crippen molar-refractivity contribution in [2.45, 2.75) is 19.0 Å². The summed E-state index contributed by atoms with van der Waals surface area (Å²) < 4.78 is 5.28. The van der Waals surface area contributed by atoms with Gasteiger partial charge in [-0.25, -0.2) is 4.90 Å². The summed E-state index contributed by atoms with van der Waals surface area (Å²) in [4.78, 5) is 53.4. The highest BCUT2D eigenvalue weighted by Crippen LogP contribution is 2.50. The molecule has 0 spiro atoms. The summed E-state index contributed by atoms with van der Waals surface area (Å²) in [5.41, 5.74) is 1.46. The molecule has 0 saturated carbocycles. The van der Waals surface area contributed by atoms with Gasteiger partial charge in [-0.2, -0.15) is 0 Å². The van der Waals surface area contributed by atoms with Gasteiger partial charge in [0.05, 0.1) is 29.9 Å². The molecule has 3 aliphatic rings. The van der Waals surface area contributed by atoms with Gasteiger partial charge in [0.15, 0.2) is 5.78 Å². The van der Waals surface area contributed by atoms with Crippen molar-refractivity contribution in [1.29, 1.82) is 0 Å². The zero-order chi connectivity index (χ0) is 22.7. The summed E-state index contributed by atoms with van der Waals surface area (Å²) in [6.07, 6.45) is 3.74. The number of Topliss-reactive ketones (excluding diaryl/α,β-unsaturated/α-hetero) is 1. The predicted molar refractivity (Wildman–Crippen MR) is 115 cm³/mol. The molecule has 2 aromatic rings. The number of hydrogen-bond acceptors (Lipinski definition) is 7. The van der Waals surface area contributed by atoms with E-state index in [-0.39, 0.29) is 22.9 Å². The highest BCUT2D eigenvalue weighted by Gasteiger charge is 2.64. The number of amides is 2. The lowest BCUT2D eigenvalue weighted by Crippen LogP contribution is -2.48. The van der Waals surface area contributed by atoms with Crippen molar-refractivity contribution in [2.75, 3.05) is 16.9 Å². The smallest absolute Gasteiger partial charge is 0.271 e. The minimum atomic E-state index is -0.898. The van der Waals surface area contributed by atoms with E-state index in [9.17, 15) is 24.5 Å². The SMILES string of the molecule is COc1ccc([N+](=O)[O-])cc1N1C(=O)[C@H]2[C@H](C1=O)[C@H](C(C)=O)N1c3ccccc3C=C[C@H]21. The third-order valence-corrected chi connectivity index (χ3v) is 6.45. The lowest BCUT2D eigenvalue weighted by atomic mass is 9.88. The Kier molecular flexibility index (Phi) is 4.37. The standard InChI is InChI=1S/C23H19N3O6/c1-12(27)21-20-19(16-9-7-13-5-3-4-6-15(13)24(16)21)22(28)25(23(20)29)17-11-14(26(30)31)8-10-18(17)32-2/h3-11,16,19-21H,1-2H3/t16-,19-,20+,21+/m1/s1. The van der Waals surface area contributed by atoms with E-state index in [2.05, 4.69) is 0 Å². The van der Waals surface area contributed by atoms with E-state index in [1.807, 2.05) is 41.3 Å². The molecule has 0 bridgehead atoms. The highest BCUT2D eigenvalue weighted by molar-refractivity contribution is 6.25. The molecule has 0 radical (unpaired) electrons. The van der Waals surface area contributed by atoms with Gasteiger partial charge in [0, 0.05) is 17.8 Å². The molecule has 9 heteroatoms. The monoisotopic (exact) mass is 433 g/mol. The maximum absolute atomic E-state index is 13.6. The summed E-state index contributed by atoms with van der Waals surface area (Å²) in [5, 5.41) is 11.3. The Morgan fingerprint density at radius 2 is 1.78 bits per heavy atom. The van der Waals surface area contributed by atoms with Crippen molar-refractivity contribution >= 4 is 40.7 Å². The van der Waals surface area contributed by atoms with Crippen LogP contribution in [0.2, 0.25) is 0 Å². The third-order valence-electron chi connectivity index (χ3n) is 6.45. The molecule has 2 fully saturated rings. The number of ether oxygens (including phenoxy) is 1. The van der Waals surface area contributed by atoms with Gasteiger partial charge < -0.3 is 9.64 Å². The number of nitro groups is 1. The quantitative estimate of drug-likeness (QED) is 0.414. The van der Waals surface area contributed by atoms with Gasteiger partial charge in [-0.1, -0.05) is 30.4 Å². The van der Waals surface area contributed by atoms with Crippen molar-refractivity contribution in [3.05, 3.63) is 64.2 Å². The Labute approximate surface area is 183 Å². The Balaban J connectivity index is 1.64. The zero-order valence-corrected chi connectivity index (χ0v) is 17.3. The van der Waals surface area contributed by atoms with Crippen molar-refractivity contribution in [3.63, 3.8) is 0 Å². The third kappa shape index (κ3) is 2.60. The number of carbonyl (C=O) groups is 3. The number of carbonyl (C=O) groups excluding carboxylic acids is 3. The average Bonchev–Trinajstić information content (AvgIpc) is 3.26. The summed E-state index contributed by atoms with van der Waals surface area (Å²) >= 11 is 0. The summed E-state index contributed by atoms with van der Waals surface area (Å²) in [7, 11) is 1.36. The molecule has 0 aliphatic carbocycles. The fourth-order valence-corrected chi connectivity index (χ4v) is 5.18. The first kappa shape index (κ1) is 19.9. The highest BCUT2D eigenvalue weighted by atomic mass is 16.6. The molecular formula is C23H19N3O6. The van der Waals surface area contributed by atoms with Crippen LogP contribution in [0.1, 0.15) is 12.5 Å². The van der Waals surface area contributed by atoms with Gasteiger partial charge in [-0.05, 0) is 24.6 Å². The zero-order valence-electron chi connectivity index (χ0n) is 17.3. The lowest BCUT2D eigenvalue weighted by molar-refractivity contribution is -0.384. The van der Waals surface area contributed by atoms with Crippen LogP contribution in [-0.4, -0.2) is 41.7 Å². The van der Waals surface area contributed by atoms with Crippen LogP contribution in [-0.2, 0) is 14.4 Å². The first-order chi connectivity index (χ1) is 15.3. The van der Waals surface area contributed by atoms with Gasteiger partial charge in [0.25, 0.3) is 5.69 Å². The molecule has 4 atom stereocenters. The van der Waals surface area contributed by atoms with E-state index >= 15 is 0 Å². The minimum Gasteiger partial charge on any atom is -0.495 e. The van der Waals surface area contributed by atoms with Crippen LogP contribution in [0, 0.1) is 22.0 Å². The molecule has 5 rings (SSSR count). The number of benzene rings is 2. The minimum absolute atomic E-state index is 0.0140. The van der Waals surface area contributed by atoms with Gasteiger partial charge >= 0.3 is 0 Å². The van der Waals surface area contributed by atoms with Gasteiger partial charge in [0.2, 0.25) is 11.8 Å². The number of nitrogens with zero attached hydrogens (tertiary/aromatic N) is 3. The molecule has 32 heavy (non-hydrogen) atoms.